The highest BCUT2D eigenvalue weighted by Crippen LogP contribution is 2.17. The SMILES string of the molecule is CC1CCN(CCOc2ccc(/C=C/c3ccccc3)cc2)CC1. The number of benzene rings is 2. The predicted octanol–water partition coefficient (Wildman–Crippen LogP) is 4.97. The zero-order chi connectivity index (χ0) is 16.6. The summed E-state index contributed by atoms with van der Waals surface area (Å²) in [6, 6.07) is 18.7. The standard InChI is InChI=1S/C22H27NO/c1-19-13-15-23(16-14-19)17-18-24-22-11-9-21(10-12-22)8-7-20-5-3-2-4-6-20/h2-12,19H,13-18H2,1H3/b8-7+. The third-order valence-corrected chi connectivity index (χ3v) is 4.70. The van der Waals surface area contributed by atoms with Gasteiger partial charge < -0.3 is 4.74 Å². The lowest BCUT2D eigenvalue weighted by Gasteiger charge is -2.29. The van der Waals surface area contributed by atoms with E-state index in [-0.39, 0.29) is 0 Å². The molecule has 1 aliphatic rings. The van der Waals surface area contributed by atoms with Crippen molar-refractivity contribution < 1.29 is 4.74 Å². The van der Waals surface area contributed by atoms with Gasteiger partial charge in [-0.15, -0.1) is 0 Å². The van der Waals surface area contributed by atoms with E-state index >= 15 is 0 Å². The van der Waals surface area contributed by atoms with Crippen molar-refractivity contribution in [3.05, 3.63) is 65.7 Å². The van der Waals surface area contributed by atoms with Crippen molar-refractivity contribution in [2.45, 2.75) is 19.8 Å². The zero-order valence-corrected chi connectivity index (χ0v) is 14.5. The molecule has 2 aromatic rings. The van der Waals surface area contributed by atoms with Crippen molar-refractivity contribution >= 4 is 12.2 Å². The summed E-state index contributed by atoms with van der Waals surface area (Å²) in [4.78, 5) is 2.51. The summed E-state index contributed by atoms with van der Waals surface area (Å²) in [6.07, 6.45) is 6.91. The molecule has 1 heterocycles. The van der Waals surface area contributed by atoms with Crippen LogP contribution in [0.3, 0.4) is 0 Å². The van der Waals surface area contributed by atoms with Crippen molar-refractivity contribution in [3.63, 3.8) is 0 Å². The first-order valence-electron chi connectivity index (χ1n) is 8.98. The lowest BCUT2D eigenvalue weighted by Crippen LogP contribution is -2.35. The van der Waals surface area contributed by atoms with Gasteiger partial charge in [-0.25, -0.2) is 0 Å². The summed E-state index contributed by atoms with van der Waals surface area (Å²) in [5, 5.41) is 0. The highest BCUT2D eigenvalue weighted by atomic mass is 16.5. The summed E-state index contributed by atoms with van der Waals surface area (Å²) < 4.78 is 5.89. The van der Waals surface area contributed by atoms with Gasteiger partial charge in [-0.1, -0.05) is 61.5 Å². The van der Waals surface area contributed by atoms with Crippen molar-refractivity contribution in [2.75, 3.05) is 26.2 Å². The van der Waals surface area contributed by atoms with Gasteiger partial charge in [0.15, 0.2) is 0 Å². The van der Waals surface area contributed by atoms with Gasteiger partial charge in [0.1, 0.15) is 12.4 Å². The molecule has 0 saturated carbocycles. The van der Waals surface area contributed by atoms with Gasteiger partial charge in [-0.2, -0.15) is 0 Å². The summed E-state index contributed by atoms with van der Waals surface area (Å²) in [5.41, 5.74) is 2.41. The third-order valence-electron chi connectivity index (χ3n) is 4.70. The molecular weight excluding hydrogens is 294 g/mol. The largest absolute Gasteiger partial charge is 0.492 e. The molecule has 0 N–H and O–H groups in total. The van der Waals surface area contributed by atoms with Crippen LogP contribution in [0.4, 0.5) is 0 Å². The minimum absolute atomic E-state index is 0.771. The van der Waals surface area contributed by atoms with Crippen molar-refractivity contribution in [1.29, 1.82) is 0 Å². The third kappa shape index (κ3) is 5.24. The molecular formula is C22H27NO. The number of rotatable bonds is 6. The number of piperidine rings is 1. The van der Waals surface area contributed by atoms with Crippen LogP contribution in [0.2, 0.25) is 0 Å². The highest BCUT2D eigenvalue weighted by Gasteiger charge is 2.14. The minimum Gasteiger partial charge on any atom is -0.492 e. The molecule has 0 amide bonds. The molecule has 0 aliphatic carbocycles. The maximum Gasteiger partial charge on any atom is 0.119 e. The molecule has 0 bridgehead atoms. The summed E-state index contributed by atoms with van der Waals surface area (Å²) >= 11 is 0. The second kappa shape index (κ2) is 8.70. The van der Waals surface area contributed by atoms with Crippen LogP contribution < -0.4 is 4.74 Å². The molecule has 1 saturated heterocycles. The van der Waals surface area contributed by atoms with Gasteiger partial charge in [-0.3, -0.25) is 4.90 Å². The maximum absolute atomic E-state index is 5.89. The number of hydrogen-bond donors (Lipinski definition) is 0. The Kier molecular flexibility index (Phi) is 6.08. The van der Waals surface area contributed by atoms with Crippen LogP contribution in [-0.2, 0) is 0 Å². The van der Waals surface area contributed by atoms with Crippen molar-refractivity contribution in [1.82, 2.24) is 4.90 Å². The van der Waals surface area contributed by atoms with E-state index in [1.807, 2.05) is 6.07 Å². The Hall–Kier alpha value is -2.06. The average molecular weight is 321 g/mol. The van der Waals surface area contributed by atoms with E-state index < -0.39 is 0 Å². The fourth-order valence-corrected chi connectivity index (χ4v) is 3.01. The minimum atomic E-state index is 0.771. The van der Waals surface area contributed by atoms with Gasteiger partial charge in [0, 0.05) is 6.54 Å². The smallest absolute Gasteiger partial charge is 0.119 e. The van der Waals surface area contributed by atoms with Gasteiger partial charge in [0.25, 0.3) is 0 Å². The Morgan fingerprint density at radius 2 is 1.54 bits per heavy atom. The quantitative estimate of drug-likeness (QED) is 0.697. The van der Waals surface area contributed by atoms with E-state index in [0.29, 0.717) is 0 Å². The first kappa shape index (κ1) is 16.8. The second-order valence-electron chi connectivity index (χ2n) is 6.69. The number of nitrogens with zero attached hydrogens (tertiary/aromatic N) is 1. The fourth-order valence-electron chi connectivity index (χ4n) is 3.01. The molecule has 0 unspecified atom stereocenters. The van der Waals surface area contributed by atoms with Crippen LogP contribution in [0.25, 0.3) is 12.2 Å². The highest BCUT2D eigenvalue weighted by molar-refractivity contribution is 5.69. The van der Waals surface area contributed by atoms with Crippen LogP contribution >= 0.6 is 0 Å². The Morgan fingerprint density at radius 1 is 0.917 bits per heavy atom. The van der Waals surface area contributed by atoms with Gasteiger partial charge in [0.05, 0.1) is 0 Å². The molecule has 2 heteroatoms. The van der Waals surface area contributed by atoms with Crippen LogP contribution in [0.1, 0.15) is 30.9 Å². The maximum atomic E-state index is 5.89. The molecule has 3 rings (SSSR count). The molecule has 0 aromatic heterocycles. The lowest BCUT2D eigenvalue weighted by molar-refractivity contribution is 0.160. The Morgan fingerprint density at radius 3 is 2.21 bits per heavy atom. The topological polar surface area (TPSA) is 12.5 Å². The first-order chi connectivity index (χ1) is 11.8. The van der Waals surface area contributed by atoms with Crippen LogP contribution in [0.5, 0.6) is 5.75 Å². The van der Waals surface area contributed by atoms with Crippen LogP contribution in [0, 0.1) is 5.92 Å². The zero-order valence-electron chi connectivity index (χ0n) is 14.5. The van der Waals surface area contributed by atoms with Gasteiger partial charge in [0.2, 0.25) is 0 Å². The molecule has 0 spiro atoms. The van der Waals surface area contributed by atoms with E-state index in [4.69, 9.17) is 4.74 Å². The summed E-state index contributed by atoms with van der Waals surface area (Å²) in [5.74, 6) is 1.84. The fraction of sp³-hybridized carbons (Fsp3) is 0.364. The molecule has 2 nitrogen and oxygen atoms in total. The van der Waals surface area contributed by atoms with E-state index in [1.165, 1.54) is 37.1 Å². The molecule has 1 fully saturated rings. The Labute approximate surface area is 145 Å². The summed E-state index contributed by atoms with van der Waals surface area (Å²) in [7, 11) is 0. The van der Waals surface area contributed by atoms with E-state index in [0.717, 1.165) is 24.8 Å². The van der Waals surface area contributed by atoms with Crippen molar-refractivity contribution in [3.8, 4) is 5.75 Å². The molecule has 1 aliphatic heterocycles. The molecule has 2 aromatic carbocycles. The van der Waals surface area contributed by atoms with E-state index in [2.05, 4.69) is 72.5 Å². The molecule has 126 valence electrons. The lowest BCUT2D eigenvalue weighted by atomic mass is 9.99. The Bertz CT molecular complexity index is 625. The van der Waals surface area contributed by atoms with Gasteiger partial charge in [-0.05, 0) is 55.1 Å². The predicted molar refractivity (Wildman–Crippen MR) is 102 cm³/mol. The van der Waals surface area contributed by atoms with Gasteiger partial charge >= 0.3 is 0 Å². The number of ether oxygens (including phenoxy) is 1. The first-order valence-corrected chi connectivity index (χ1v) is 8.98. The normalized spacial score (nSPS) is 16.5. The monoisotopic (exact) mass is 321 g/mol. The summed E-state index contributed by atoms with van der Waals surface area (Å²) in [6.45, 7) is 6.58. The van der Waals surface area contributed by atoms with Crippen LogP contribution in [0.15, 0.2) is 54.6 Å². The molecule has 0 radical (unpaired) electrons. The number of hydrogen-bond acceptors (Lipinski definition) is 2. The second-order valence-corrected chi connectivity index (χ2v) is 6.69. The average Bonchev–Trinajstić information content (AvgIpc) is 2.64. The molecule has 24 heavy (non-hydrogen) atoms. The number of likely N-dealkylation sites (tertiary alicyclic amines) is 1. The van der Waals surface area contributed by atoms with E-state index in [1.54, 1.807) is 0 Å². The van der Waals surface area contributed by atoms with E-state index in [9.17, 15) is 0 Å². The Balaban J connectivity index is 1.44. The van der Waals surface area contributed by atoms with Crippen LogP contribution in [-0.4, -0.2) is 31.1 Å². The van der Waals surface area contributed by atoms with Crippen molar-refractivity contribution in [2.24, 2.45) is 5.92 Å². The molecule has 0 atom stereocenters.